The number of carbonyl (C=O) groups is 1. The van der Waals surface area contributed by atoms with Gasteiger partial charge in [-0.3, -0.25) is 9.88 Å². The van der Waals surface area contributed by atoms with E-state index in [0.717, 1.165) is 22.6 Å². The van der Waals surface area contributed by atoms with Gasteiger partial charge in [-0.1, -0.05) is 24.3 Å². The first kappa shape index (κ1) is 22.0. The number of ether oxygens (including phenoxy) is 3. The van der Waals surface area contributed by atoms with E-state index >= 15 is 0 Å². The molecule has 1 heterocycles. The third-order valence-electron chi connectivity index (χ3n) is 4.63. The summed E-state index contributed by atoms with van der Waals surface area (Å²) < 4.78 is 16.1. The fourth-order valence-corrected chi connectivity index (χ4v) is 2.97. The normalized spacial score (nSPS) is 10.3. The van der Waals surface area contributed by atoms with Gasteiger partial charge < -0.3 is 19.1 Å². The predicted octanol–water partition coefficient (Wildman–Crippen LogP) is 4.33. The number of aromatic nitrogens is 1. The average molecular weight is 421 g/mol. The van der Waals surface area contributed by atoms with E-state index < -0.39 is 6.09 Å². The van der Waals surface area contributed by atoms with Crippen LogP contribution in [-0.4, -0.2) is 44.0 Å². The van der Waals surface area contributed by atoms with Crippen molar-refractivity contribution >= 4 is 11.8 Å². The molecular formula is C24H27N3O4. The van der Waals surface area contributed by atoms with Crippen LogP contribution >= 0.6 is 0 Å². The smallest absolute Gasteiger partial charge is 0.413 e. The van der Waals surface area contributed by atoms with E-state index in [1.165, 1.54) is 0 Å². The van der Waals surface area contributed by atoms with E-state index in [9.17, 15) is 4.79 Å². The maximum Gasteiger partial charge on any atom is 0.413 e. The van der Waals surface area contributed by atoms with Crippen molar-refractivity contribution in [3.05, 3.63) is 84.2 Å². The number of pyridine rings is 1. The molecule has 1 amide bonds. The molecule has 0 saturated heterocycles. The van der Waals surface area contributed by atoms with Crippen LogP contribution in [0.3, 0.4) is 0 Å². The second kappa shape index (κ2) is 10.9. The van der Waals surface area contributed by atoms with Crippen molar-refractivity contribution < 1.29 is 19.0 Å². The maximum atomic E-state index is 12.8. The second-order valence-electron chi connectivity index (χ2n) is 7.13. The molecule has 31 heavy (non-hydrogen) atoms. The van der Waals surface area contributed by atoms with Crippen molar-refractivity contribution in [3.63, 3.8) is 0 Å². The minimum atomic E-state index is -0.469. The van der Waals surface area contributed by atoms with E-state index in [4.69, 9.17) is 14.2 Å². The first-order valence-corrected chi connectivity index (χ1v) is 9.89. The summed E-state index contributed by atoms with van der Waals surface area (Å²) in [5, 5.41) is 0. The fraction of sp³-hybridized carbons (Fsp3) is 0.250. The Morgan fingerprint density at radius 3 is 2.35 bits per heavy atom. The van der Waals surface area contributed by atoms with Crippen molar-refractivity contribution in [2.75, 3.05) is 32.9 Å². The minimum absolute atomic E-state index is 0.196. The largest absolute Gasteiger partial charge is 0.497 e. The molecule has 2 aromatic carbocycles. The molecule has 7 heteroatoms. The lowest BCUT2D eigenvalue weighted by molar-refractivity contribution is 0.0316. The summed E-state index contributed by atoms with van der Waals surface area (Å²) in [7, 11) is 5.60. The van der Waals surface area contributed by atoms with Gasteiger partial charge in [-0.2, -0.15) is 0 Å². The van der Waals surface area contributed by atoms with Gasteiger partial charge in [0.1, 0.15) is 11.5 Å². The van der Waals surface area contributed by atoms with E-state index in [2.05, 4.69) is 4.98 Å². The van der Waals surface area contributed by atoms with Crippen LogP contribution in [0.4, 0.5) is 10.5 Å². The Bertz CT molecular complexity index is 962. The first-order chi connectivity index (χ1) is 15.0. The van der Waals surface area contributed by atoms with Gasteiger partial charge in [0.15, 0.2) is 0 Å². The Hall–Kier alpha value is -3.74. The van der Waals surface area contributed by atoms with Crippen LogP contribution < -0.4 is 14.4 Å². The summed E-state index contributed by atoms with van der Waals surface area (Å²) in [6.45, 7) is 0.577. The summed E-state index contributed by atoms with van der Waals surface area (Å²) in [6.07, 6.45) is 2.74. The van der Waals surface area contributed by atoms with Crippen LogP contribution in [0.2, 0.25) is 0 Å². The third-order valence-corrected chi connectivity index (χ3v) is 4.63. The predicted molar refractivity (Wildman–Crippen MR) is 119 cm³/mol. The Balaban J connectivity index is 1.69. The van der Waals surface area contributed by atoms with Crippen LogP contribution in [0.25, 0.3) is 0 Å². The molecule has 0 bridgehead atoms. The molecule has 7 nitrogen and oxygen atoms in total. The van der Waals surface area contributed by atoms with Crippen molar-refractivity contribution in [1.82, 2.24) is 9.88 Å². The molecule has 0 aliphatic heterocycles. The van der Waals surface area contributed by atoms with Gasteiger partial charge in [-0.25, -0.2) is 4.79 Å². The third kappa shape index (κ3) is 6.64. The number of carbonyl (C=O) groups excluding carboxylic acids is 1. The Labute approximate surface area is 182 Å². The van der Waals surface area contributed by atoms with Crippen LogP contribution in [0.15, 0.2) is 73.1 Å². The molecule has 1 aromatic heterocycles. The Morgan fingerprint density at radius 2 is 1.68 bits per heavy atom. The standard InChI is InChI=1S/C24H27N3O4/c1-26(2)21-11-9-19(10-12-21)16-27(17-20-6-4-7-22(14-20)29-3)24(28)31-18-30-23-8-5-13-25-15-23/h4-15H,16-18H2,1-3H3. The molecule has 0 aliphatic rings. The molecule has 162 valence electrons. The maximum absolute atomic E-state index is 12.8. The lowest BCUT2D eigenvalue weighted by Gasteiger charge is -2.23. The molecule has 0 aliphatic carbocycles. The zero-order chi connectivity index (χ0) is 22.1. The van der Waals surface area contributed by atoms with Crippen LogP contribution in [-0.2, 0) is 17.8 Å². The number of anilines is 1. The number of nitrogens with zero attached hydrogens (tertiary/aromatic N) is 3. The Morgan fingerprint density at radius 1 is 0.935 bits per heavy atom. The highest BCUT2D eigenvalue weighted by Crippen LogP contribution is 2.18. The number of amides is 1. The number of benzene rings is 2. The van der Waals surface area contributed by atoms with Crippen LogP contribution in [0.1, 0.15) is 11.1 Å². The molecule has 3 aromatic rings. The number of methoxy groups -OCH3 is 1. The lowest BCUT2D eigenvalue weighted by Crippen LogP contribution is -2.31. The SMILES string of the molecule is COc1cccc(CN(Cc2ccc(N(C)C)cc2)C(=O)OCOc2cccnc2)c1. The van der Waals surface area contributed by atoms with Crippen LogP contribution in [0, 0.1) is 0 Å². The molecule has 0 spiro atoms. The Kier molecular flexibility index (Phi) is 7.70. The lowest BCUT2D eigenvalue weighted by atomic mass is 10.1. The second-order valence-corrected chi connectivity index (χ2v) is 7.13. The molecule has 0 atom stereocenters. The van der Waals surface area contributed by atoms with E-state index in [1.54, 1.807) is 36.5 Å². The summed E-state index contributed by atoms with van der Waals surface area (Å²) >= 11 is 0. The van der Waals surface area contributed by atoms with Crippen molar-refractivity contribution in [3.8, 4) is 11.5 Å². The summed E-state index contributed by atoms with van der Waals surface area (Å²) in [6, 6.07) is 19.2. The molecule has 3 rings (SSSR count). The zero-order valence-corrected chi connectivity index (χ0v) is 18.0. The average Bonchev–Trinajstić information content (AvgIpc) is 2.79. The van der Waals surface area contributed by atoms with Gasteiger partial charge in [0.05, 0.1) is 13.3 Å². The zero-order valence-electron chi connectivity index (χ0n) is 18.0. The molecule has 0 N–H and O–H groups in total. The van der Waals surface area contributed by atoms with Crippen LogP contribution in [0.5, 0.6) is 11.5 Å². The fourth-order valence-electron chi connectivity index (χ4n) is 2.97. The van der Waals surface area contributed by atoms with Gasteiger partial charge in [0.25, 0.3) is 0 Å². The van der Waals surface area contributed by atoms with Gasteiger partial charge >= 0.3 is 6.09 Å². The van der Waals surface area contributed by atoms with Gasteiger partial charge in [-0.05, 0) is 47.5 Å². The summed E-state index contributed by atoms with van der Waals surface area (Å²) in [4.78, 5) is 20.5. The number of rotatable bonds is 9. The van der Waals surface area contributed by atoms with Gasteiger partial charge in [0, 0.05) is 39.1 Å². The first-order valence-electron chi connectivity index (χ1n) is 9.89. The highest BCUT2D eigenvalue weighted by atomic mass is 16.7. The van der Waals surface area contributed by atoms with E-state index in [1.807, 2.05) is 67.5 Å². The topological polar surface area (TPSA) is 64.1 Å². The van der Waals surface area contributed by atoms with E-state index in [0.29, 0.717) is 18.8 Å². The van der Waals surface area contributed by atoms with E-state index in [-0.39, 0.29) is 6.79 Å². The number of hydrogen-bond acceptors (Lipinski definition) is 6. The quantitative estimate of drug-likeness (QED) is 0.479. The number of hydrogen-bond donors (Lipinski definition) is 0. The molecular weight excluding hydrogens is 394 g/mol. The summed E-state index contributed by atoms with van der Waals surface area (Å²) in [5.74, 6) is 1.27. The van der Waals surface area contributed by atoms with Crippen molar-refractivity contribution in [2.24, 2.45) is 0 Å². The highest BCUT2D eigenvalue weighted by Gasteiger charge is 2.17. The van der Waals surface area contributed by atoms with Crippen molar-refractivity contribution in [2.45, 2.75) is 13.1 Å². The van der Waals surface area contributed by atoms with Gasteiger partial charge in [-0.15, -0.1) is 0 Å². The summed E-state index contributed by atoms with van der Waals surface area (Å²) in [5.41, 5.74) is 3.03. The molecule has 0 radical (unpaired) electrons. The monoisotopic (exact) mass is 421 g/mol. The molecule has 0 unspecified atom stereocenters. The van der Waals surface area contributed by atoms with Crippen molar-refractivity contribution in [1.29, 1.82) is 0 Å². The van der Waals surface area contributed by atoms with Gasteiger partial charge in [0.2, 0.25) is 6.79 Å². The molecule has 0 saturated carbocycles. The molecule has 0 fully saturated rings. The highest BCUT2D eigenvalue weighted by molar-refractivity contribution is 5.67. The minimum Gasteiger partial charge on any atom is -0.497 e.